The van der Waals surface area contributed by atoms with E-state index in [1.165, 1.54) is 19.1 Å². The molecule has 1 rings (SSSR count). The largest absolute Gasteiger partial charge is 0.416 e. The number of carbonyl (C=O) groups excluding carboxylic acids is 1. The summed E-state index contributed by atoms with van der Waals surface area (Å²) in [5.41, 5.74) is 4.26. The Morgan fingerprint density at radius 2 is 1.95 bits per heavy atom. The Kier molecular flexibility index (Phi) is 4.81. The van der Waals surface area contributed by atoms with Gasteiger partial charge in [0.15, 0.2) is 0 Å². The van der Waals surface area contributed by atoms with E-state index < -0.39 is 17.2 Å². The smallest absolute Gasteiger partial charge is 0.329 e. The van der Waals surface area contributed by atoms with E-state index in [2.05, 4.69) is 5.32 Å². The molecule has 1 aromatic carbocycles. The van der Waals surface area contributed by atoms with Crippen molar-refractivity contribution in [1.29, 1.82) is 0 Å². The Balaban J connectivity index is 3.03. The summed E-state index contributed by atoms with van der Waals surface area (Å²) in [4.78, 5) is 12.1. The lowest BCUT2D eigenvalue weighted by atomic mass is 9.86. The van der Waals surface area contributed by atoms with E-state index in [1.54, 1.807) is 6.92 Å². The van der Waals surface area contributed by atoms with Crippen molar-refractivity contribution in [1.82, 2.24) is 0 Å². The molecule has 0 fully saturated rings. The number of benzene rings is 1. The topological polar surface area (TPSA) is 55.1 Å². The molecule has 0 saturated heterocycles. The van der Waals surface area contributed by atoms with Gasteiger partial charge in [0, 0.05) is 12.2 Å². The molecule has 1 unspecified atom stereocenters. The molecule has 1 aromatic rings. The van der Waals surface area contributed by atoms with Crippen LogP contribution < -0.4 is 11.1 Å². The average molecular weight is 288 g/mol. The standard InChI is InChI=1S/C14H19F3N2O/c1-4-13(3,8-18)12(20)19-10-6-5-9(2)11(7-10)14(15,16)17/h5-7H,4,8,18H2,1-3H3,(H,19,20). The summed E-state index contributed by atoms with van der Waals surface area (Å²) in [6.07, 6.45) is -3.93. The molecule has 0 heterocycles. The molecule has 0 aliphatic carbocycles. The Morgan fingerprint density at radius 1 is 1.35 bits per heavy atom. The third-order valence-electron chi connectivity index (χ3n) is 3.58. The Labute approximate surface area is 116 Å². The van der Waals surface area contributed by atoms with Gasteiger partial charge in [-0.05, 0) is 38.0 Å². The van der Waals surface area contributed by atoms with Crippen molar-refractivity contribution in [2.24, 2.45) is 11.1 Å². The summed E-state index contributed by atoms with van der Waals surface area (Å²) in [6, 6.07) is 3.74. The van der Waals surface area contributed by atoms with Crippen molar-refractivity contribution >= 4 is 11.6 Å². The maximum absolute atomic E-state index is 12.8. The van der Waals surface area contributed by atoms with E-state index in [0.717, 1.165) is 6.07 Å². The van der Waals surface area contributed by atoms with Crippen molar-refractivity contribution in [3.05, 3.63) is 29.3 Å². The van der Waals surface area contributed by atoms with E-state index >= 15 is 0 Å². The van der Waals surface area contributed by atoms with Crippen LogP contribution in [0.5, 0.6) is 0 Å². The molecule has 6 heteroatoms. The third kappa shape index (κ3) is 3.50. The number of alkyl halides is 3. The van der Waals surface area contributed by atoms with Gasteiger partial charge >= 0.3 is 6.18 Å². The fourth-order valence-corrected chi connectivity index (χ4v) is 1.68. The summed E-state index contributed by atoms with van der Waals surface area (Å²) in [7, 11) is 0. The normalized spacial score (nSPS) is 14.8. The van der Waals surface area contributed by atoms with Crippen LogP contribution in [-0.4, -0.2) is 12.5 Å². The maximum atomic E-state index is 12.8. The second kappa shape index (κ2) is 5.83. The highest BCUT2D eigenvalue weighted by Gasteiger charge is 2.33. The maximum Gasteiger partial charge on any atom is 0.416 e. The van der Waals surface area contributed by atoms with Crippen LogP contribution in [0.2, 0.25) is 0 Å². The first-order chi connectivity index (χ1) is 9.14. The minimum absolute atomic E-state index is 0.118. The van der Waals surface area contributed by atoms with E-state index in [9.17, 15) is 18.0 Å². The van der Waals surface area contributed by atoms with Gasteiger partial charge in [-0.2, -0.15) is 13.2 Å². The van der Waals surface area contributed by atoms with Gasteiger partial charge in [-0.1, -0.05) is 13.0 Å². The van der Waals surface area contributed by atoms with Crippen LogP contribution in [-0.2, 0) is 11.0 Å². The van der Waals surface area contributed by atoms with Crippen molar-refractivity contribution in [2.45, 2.75) is 33.4 Å². The second-order valence-electron chi connectivity index (χ2n) is 5.10. The van der Waals surface area contributed by atoms with Gasteiger partial charge in [-0.15, -0.1) is 0 Å². The van der Waals surface area contributed by atoms with Gasteiger partial charge in [0.25, 0.3) is 0 Å². The number of anilines is 1. The molecule has 1 amide bonds. The van der Waals surface area contributed by atoms with Crippen LogP contribution in [0.15, 0.2) is 18.2 Å². The van der Waals surface area contributed by atoms with Crippen LogP contribution in [0.4, 0.5) is 18.9 Å². The van der Waals surface area contributed by atoms with E-state index in [-0.39, 0.29) is 23.7 Å². The number of halogens is 3. The first kappa shape index (κ1) is 16.5. The van der Waals surface area contributed by atoms with E-state index in [1.807, 2.05) is 6.92 Å². The molecule has 20 heavy (non-hydrogen) atoms. The number of carbonyl (C=O) groups is 1. The highest BCUT2D eigenvalue weighted by molar-refractivity contribution is 5.95. The summed E-state index contributed by atoms with van der Waals surface area (Å²) < 4.78 is 38.4. The zero-order valence-corrected chi connectivity index (χ0v) is 11.8. The predicted molar refractivity (Wildman–Crippen MR) is 72.3 cm³/mol. The molecule has 0 aliphatic rings. The summed E-state index contributed by atoms with van der Waals surface area (Å²) in [6.45, 7) is 5.00. The van der Waals surface area contributed by atoms with E-state index in [4.69, 9.17) is 5.73 Å². The van der Waals surface area contributed by atoms with Gasteiger partial charge in [0.2, 0.25) is 5.91 Å². The van der Waals surface area contributed by atoms with Crippen LogP contribution in [0.3, 0.4) is 0 Å². The number of aryl methyl sites for hydroxylation is 1. The number of hydrogen-bond acceptors (Lipinski definition) is 2. The van der Waals surface area contributed by atoms with Gasteiger partial charge < -0.3 is 11.1 Å². The van der Waals surface area contributed by atoms with Gasteiger partial charge in [0.05, 0.1) is 11.0 Å². The van der Waals surface area contributed by atoms with Crippen LogP contribution in [0.25, 0.3) is 0 Å². The summed E-state index contributed by atoms with van der Waals surface area (Å²) >= 11 is 0. The zero-order chi connectivity index (χ0) is 15.6. The molecule has 1 atom stereocenters. The molecule has 3 nitrogen and oxygen atoms in total. The van der Waals surface area contributed by atoms with Crippen molar-refractivity contribution in [3.63, 3.8) is 0 Å². The lowest BCUT2D eigenvalue weighted by Gasteiger charge is -2.25. The van der Waals surface area contributed by atoms with Gasteiger partial charge in [0.1, 0.15) is 0 Å². The molecule has 112 valence electrons. The van der Waals surface area contributed by atoms with Crippen molar-refractivity contribution in [3.8, 4) is 0 Å². The molecule has 0 radical (unpaired) electrons. The quantitative estimate of drug-likeness (QED) is 0.893. The first-order valence-electron chi connectivity index (χ1n) is 6.33. The molecular formula is C14H19F3N2O. The number of amides is 1. The average Bonchev–Trinajstić information content (AvgIpc) is 2.38. The highest BCUT2D eigenvalue weighted by atomic mass is 19.4. The number of hydrogen-bond donors (Lipinski definition) is 2. The minimum Gasteiger partial charge on any atom is -0.329 e. The summed E-state index contributed by atoms with van der Waals surface area (Å²) in [5, 5.41) is 2.51. The first-order valence-corrected chi connectivity index (χ1v) is 6.33. The van der Waals surface area contributed by atoms with E-state index in [0.29, 0.717) is 6.42 Å². The SMILES string of the molecule is CCC(C)(CN)C(=O)Nc1ccc(C)c(C(F)(F)F)c1. The minimum atomic E-state index is -4.44. The molecule has 0 saturated carbocycles. The fourth-order valence-electron chi connectivity index (χ4n) is 1.68. The lowest BCUT2D eigenvalue weighted by molar-refractivity contribution is -0.138. The highest BCUT2D eigenvalue weighted by Crippen LogP contribution is 2.33. The number of nitrogens with two attached hydrogens (primary N) is 1. The van der Waals surface area contributed by atoms with Crippen LogP contribution in [0, 0.1) is 12.3 Å². The fraction of sp³-hybridized carbons (Fsp3) is 0.500. The molecule has 0 spiro atoms. The van der Waals surface area contributed by atoms with Crippen LogP contribution in [0.1, 0.15) is 31.4 Å². The van der Waals surface area contributed by atoms with Crippen molar-refractivity contribution < 1.29 is 18.0 Å². The predicted octanol–water partition coefficient (Wildman–Crippen LogP) is 3.33. The molecular weight excluding hydrogens is 269 g/mol. The monoisotopic (exact) mass is 288 g/mol. The zero-order valence-electron chi connectivity index (χ0n) is 11.8. The Bertz CT molecular complexity index is 494. The second-order valence-corrected chi connectivity index (χ2v) is 5.10. The molecule has 0 aromatic heterocycles. The molecule has 0 bridgehead atoms. The van der Waals surface area contributed by atoms with Gasteiger partial charge in [-0.3, -0.25) is 4.79 Å². The third-order valence-corrected chi connectivity index (χ3v) is 3.58. The summed E-state index contributed by atoms with van der Waals surface area (Å²) in [5.74, 6) is -0.375. The van der Waals surface area contributed by atoms with Crippen molar-refractivity contribution in [2.75, 3.05) is 11.9 Å². The van der Waals surface area contributed by atoms with Crippen LogP contribution >= 0.6 is 0 Å². The Morgan fingerprint density at radius 3 is 2.40 bits per heavy atom. The number of nitrogens with one attached hydrogen (secondary N) is 1. The lowest BCUT2D eigenvalue weighted by Crippen LogP contribution is -2.39. The molecule has 0 aliphatic heterocycles. The Hall–Kier alpha value is -1.56. The van der Waals surface area contributed by atoms with Gasteiger partial charge in [-0.25, -0.2) is 0 Å². The molecule has 3 N–H and O–H groups in total. The number of rotatable bonds is 4.